The third-order valence-electron chi connectivity index (χ3n) is 1.90. The summed E-state index contributed by atoms with van der Waals surface area (Å²) in [6, 6.07) is 1.30. The van der Waals surface area contributed by atoms with E-state index in [1.54, 1.807) is 6.07 Å². The summed E-state index contributed by atoms with van der Waals surface area (Å²) in [4.78, 5) is 11.9. The number of amides is 1. The van der Waals surface area contributed by atoms with Gasteiger partial charge in [-0.3, -0.25) is 4.79 Å². The minimum Gasteiger partial charge on any atom is -0.392 e. The zero-order chi connectivity index (χ0) is 11.3. The third-order valence-corrected chi connectivity index (χ3v) is 2.19. The van der Waals surface area contributed by atoms with Gasteiger partial charge in [0.2, 0.25) is 0 Å². The second-order valence-electron chi connectivity index (χ2n) is 2.97. The molecule has 1 aromatic heterocycles. The first-order valence-corrected chi connectivity index (χ1v) is 4.92. The summed E-state index contributed by atoms with van der Waals surface area (Å²) in [5.41, 5.74) is 5.91. The Morgan fingerprint density at radius 1 is 1.67 bits per heavy atom. The molecule has 80 valence electrons. The van der Waals surface area contributed by atoms with Crippen molar-refractivity contribution in [2.45, 2.75) is 19.4 Å². The van der Waals surface area contributed by atoms with E-state index in [0.29, 0.717) is 12.0 Å². The lowest BCUT2D eigenvalue weighted by molar-refractivity contribution is 0.0946. The quantitative estimate of drug-likeness (QED) is 0.717. The molecule has 6 heteroatoms. The van der Waals surface area contributed by atoms with E-state index in [1.165, 1.54) is 12.4 Å². The first-order chi connectivity index (χ1) is 7.15. The molecule has 0 radical (unpaired) electrons. The van der Waals surface area contributed by atoms with Gasteiger partial charge in [-0.25, -0.2) is 0 Å². The van der Waals surface area contributed by atoms with Crippen molar-refractivity contribution >= 4 is 23.1 Å². The van der Waals surface area contributed by atoms with Crippen molar-refractivity contribution in [2.24, 2.45) is 5.73 Å². The molecule has 1 atom stereocenters. The zero-order valence-electron chi connectivity index (χ0n) is 8.30. The predicted molar refractivity (Wildman–Crippen MR) is 60.4 cm³/mol. The van der Waals surface area contributed by atoms with Crippen molar-refractivity contribution in [3.63, 3.8) is 0 Å². The van der Waals surface area contributed by atoms with Gasteiger partial charge in [0.25, 0.3) is 5.91 Å². The Morgan fingerprint density at radius 2 is 2.40 bits per heavy atom. The highest BCUT2D eigenvalue weighted by molar-refractivity contribution is 7.80. The molecule has 0 aliphatic carbocycles. The Hall–Kier alpha value is -1.56. The van der Waals surface area contributed by atoms with E-state index >= 15 is 0 Å². The summed E-state index contributed by atoms with van der Waals surface area (Å²) in [5, 5.41) is 9.90. The Morgan fingerprint density at radius 3 is 2.87 bits per heavy atom. The molecular formula is C9H12N4OS. The Bertz CT molecular complexity index is 354. The van der Waals surface area contributed by atoms with Crippen LogP contribution in [0.25, 0.3) is 0 Å². The molecule has 0 saturated carbocycles. The molecule has 1 aromatic rings. The van der Waals surface area contributed by atoms with Gasteiger partial charge >= 0.3 is 0 Å². The minimum atomic E-state index is -0.277. The Labute approximate surface area is 93.1 Å². The van der Waals surface area contributed by atoms with Crippen LogP contribution in [0.2, 0.25) is 0 Å². The van der Waals surface area contributed by atoms with Gasteiger partial charge in [-0.1, -0.05) is 19.1 Å². The lowest BCUT2D eigenvalue weighted by Crippen LogP contribution is -2.43. The number of nitrogens with two attached hydrogens (primary N) is 1. The summed E-state index contributed by atoms with van der Waals surface area (Å²) in [5.74, 6) is -0.246. The number of hydrogen-bond donors (Lipinski definition) is 2. The molecule has 0 aliphatic heterocycles. The van der Waals surface area contributed by atoms with E-state index < -0.39 is 0 Å². The van der Waals surface area contributed by atoms with Gasteiger partial charge in [-0.15, -0.1) is 0 Å². The highest BCUT2D eigenvalue weighted by atomic mass is 32.1. The van der Waals surface area contributed by atoms with Crippen molar-refractivity contribution in [2.75, 3.05) is 0 Å². The normalized spacial score (nSPS) is 11.8. The van der Waals surface area contributed by atoms with Crippen LogP contribution < -0.4 is 11.1 Å². The number of thiocarbonyl (C=S) groups is 1. The molecule has 5 nitrogen and oxygen atoms in total. The molecule has 0 fully saturated rings. The molecule has 1 amide bonds. The van der Waals surface area contributed by atoms with Crippen LogP contribution in [-0.4, -0.2) is 27.1 Å². The molecule has 0 bridgehead atoms. The van der Waals surface area contributed by atoms with Crippen molar-refractivity contribution in [1.29, 1.82) is 0 Å². The molecule has 0 aromatic carbocycles. The summed E-state index contributed by atoms with van der Waals surface area (Å²) >= 11 is 4.82. The fourth-order valence-corrected chi connectivity index (χ4v) is 1.27. The largest absolute Gasteiger partial charge is 0.392 e. The van der Waals surface area contributed by atoms with Crippen LogP contribution in [0, 0.1) is 0 Å². The predicted octanol–water partition coefficient (Wildman–Crippen LogP) is 0.271. The summed E-state index contributed by atoms with van der Waals surface area (Å²) in [7, 11) is 0. The summed E-state index contributed by atoms with van der Waals surface area (Å²) in [6.45, 7) is 1.90. The second-order valence-corrected chi connectivity index (χ2v) is 3.44. The van der Waals surface area contributed by atoms with Crippen molar-refractivity contribution in [3.8, 4) is 0 Å². The van der Waals surface area contributed by atoms with Crippen molar-refractivity contribution < 1.29 is 4.79 Å². The van der Waals surface area contributed by atoms with Gasteiger partial charge in [0.05, 0.1) is 29.0 Å². The Kier molecular flexibility index (Phi) is 4.11. The van der Waals surface area contributed by atoms with Crippen LogP contribution in [0.1, 0.15) is 23.7 Å². The Balaban J connectivity index is 2.67. The van der Waals surface area contributed by atoms with E-state index in [4.69, 9.17) is 18.0 Å². The molecule has 1 unspecified atom stereocenters. The number of carbonyl (C=O) groups excluding carboxylic acids is 1. The lowest BCUT2D eigenvalue weighted by Gasteiger charge is -2.14. The molecule has 1 heterocycles. The maximum Gasteiger partial charge on any atom is 0.253 e. The van der Waals surface area contributed by atoms with Crippen LogP contribution >= 0.6 is 12.2 Å². The van der Waals surface area contributed by atoms with Gasteiger partial charge in [-0.05, 0) is 12.5 Å². The van der Waals surface area contributed by atoms with E-state index in [0.717, 1.165) is 0 Å². The van der Waals surface area contributed by atoms with Gasteiger partial charge in [-0.2, -0.15) is 10.2 Å². The number of nitrogens with one attached hydrogen (secondary N) is 1. The molecule has 0 saturated heterocycles. The smallest absolute Gasteiger partial charge is 0.253 e. The molecule has 0 spiro atoms. The fraction of sp³-hybridized carbons (Fsp3) is 0.333. The first kappa shape index (κ1) is 11.5. The second kappa shape index (κ2) is 5.35. The van der Waals surface area contributed by atoms with Gasteiger partial charge < -0.3 is 11.1 Å². The van der Waals surface area contributed by atoms with Crippen LogP contribution in [0.3, 0.4) is 0 Å². The number of rotatable bonds is 4. The van der Waals surface area contributed by atoms with Gasteiger partial charge in [0, 0.05) is 0 Å². The maximum absolute atomic E-state index is 11.6. The summed E-state index contributed by atoms with van der Waals surface area (Å²) < 4.78 is 0. The monoisotopic (exact) mass is 224 g/mol. The van der Waals surface area contributed by atoms with E-state index in [1.807, 2.05) is 6.92 Å². The molecule has 15 heavy (non-hydrogen) atoms. The summed E-state index contributed by atoms with van der Waals surface area (Å²) in [6.07, 6.45) is 3.51. The average Bonchev–Trinajstić information content (AvgIpc) is 2.26. The maximum atomic E-state index is 11.6. The molecule has 1 rings (SSSR count). The standard InChI is InChI=1S/C9H12N4OS/c1-2-7(8(10)15)13-9(14)6-3-4-11-12-5-6/h3-5,7H,2H2,1H3,(H2,10,15)(H,13,14). The number of hydrogen-bond acceptors (Lipinski definition) is 4. The van der Waals surface area contributed by atoms with E-state index in [-0.39, 0.29) is 16.9 Å². The number of aromatic nitrogens is 2. The van der Waals surface area contributed by atoms with Crippen molar-refractivity contribution in [3.05, 3.63) is 24.0 Å². The fourth-order valence-electron chi connectivity index (χ4n) is 1.04. The number of nitrogens with zero attached hydrogens (tertiary/aromatic N) is 2. The third kappa shape index (κ3) is 3.25. The van der Waals surface area contributed by atoms with E-state index in [2.05, 4.69) is 15.5 Å². The van der Waals surface area contributed by atoms with E-state index in [9.17, 15) is 4.79 Å². The van der Waals surface area contributed by atoms with Crippen LogP contribution in [0.4, 0.5) is 0 Å². The average molecular weight is 224 g/mol. The van der Waals surface area contributed by atoms with Crippen LogP contribution in [0.15, 0.2) is 18.5 Å². The molecule has 0 aliphatic rings. The van der Waals surface area contributed by atoms with Gasteiger partial charge in [0.15, 0.2) is 0 Å². The molecular weight excluding hydrogens is 212 g/mol. The van der Waals surface area contributed by atoms with Gasteiger partial charge in [0.1, 0.15) is 0 Å². The first-order valence-electron chi connectivity index (χ1n) is 4.52. The topological polar surface area (TPSA) is 80.9 Å². The SMILES string of the molecule is CCC(NC(=O)c1ccnnc1)C(N)=S. The number of carbonyl (C=O) groups is 1. The van der Waals surface area contributed by atoms with Crippen molar-refractivity contribution in [1.82, 2.24) is 15.5 Å². The van der Waals surface area contributed by atoms with Crippen LogP contribution in [0.5, 0.6) is 0 Å². The zero-order valence-corrected chi connectivity index (χ0v) is 9.12. The lowest BCUT2D eigenvalue weighted by atomic mass is 10.2. The molecule has 3 N–H and O–H groups in total. The van der Waals surface area contributed by atoms with Crippen LogP contribution in [-0.2, 0) is 0 Å². The highest BCUT2D eigenvalue weighted by Gasteiger charge is 2.13. The minimum absolute atomic E-state index is 0.246. The highest BCUT2D eigenvalue weighted by Crippen LogP contribution is 1.97.